The van der Waals surface area contributed by atoms with E-state index in [2.05, 4.69) is 10.2 Å². The zero-order valence-electron chi connectivity index (χ0n) is 10.8. The summed E-state index contributed by atoms with van der Waals surface area (Å²) in [5.41, 5.74) is 0.512. The lowest BCUT2D eigenvalue weighted by atomic mass is 10.1. The molecule has 108 valence electrons. The van der Waals surface area contributed by atoms with Gasteiger partial charge in [-0.15, -0.1) is 21.5 Å². The van der Waals surface area contributed by atoms with Gasteiger partial charge in [0.15, 0.2) is 4.34 Å². The summed E-state index contributed by atoms with van der Waals surface area (Å²) < 4.78 is 15.4. The fourth-order valence-corrected chi connectivity index (χ4v) is 4.96. The van der Waals surface area contributed by atoms with Crippen LogP contribution in [0.5, 0.6) is 0 Å². The Kier molecular flexibility index (Phi) is 3.92. The summed E-state index contributed by atoms with van der Waals surface area (Å²) in [6.07, 6.45) is 0. The number of halogens is 1. The number of carboxylic acid groups (broad SMARTS) is 1. The average molecular weight is 340 g/mol. The molecule has 0 bridgehead atoms. The number of rotatable bonds is 4. The number of thiophene rings is 1. The van der Waals surface area contributed by atoms with E-state index in [4.69, 9.17) is 0 Å². The van der Waals surface area contributed by atoms with E-state index in [0.29, 0.717) is 21.4 Å². The van der Waals surface area contributed by atoms with Gasteiger partial charge in [-0.1, -0.05) is 29.2 Å². The van der Waals surface area contributed by atoms with Crippen LogP contribution in [0.1, 0.15) is 20.2 Å². The van der Waals surface area contributed by atoms with Crippen molar-refractivity contribution in [2.45, 2.75) is 17.0 Å². The lowest BCUT2D eigenvalue weighted by molar-refractivity contribution is 0.0701. The number of aromatic carboxylic acids is 1. The highest BCUT2D eigenvalue weighted by Crippen LogP contribution is 2.37. The number of nitrogens with zero attached hydrogens (tertiary/aromatic N) is 2. The Morgan fingerprint density at radius 1 is 1.38 bits per heavy atom. The van der Waals surface area contributed by atoms with E-state index in [1.54, 1.807) is 12.1 Å². The van der Waals surface area contributed by atoms with E-state index in [1.807, 2.05) is 6.92 Å². The van der Waals surface area contributed by atoms with Crippen molar-refractivity contribution in [2.75, 3.05) is 0 Å². The number of carbonyl (C=O) groups is 1. The highest BCUT2D eigenvalue weighted by molar-refractivity contribution is 8.00. The molecule has 1 N–H and O–H groups in total. The minimum absolute atomic E-state index is 0.184. The van der Waals surface area contributed by atoms with Crippen LogP contribution in [-0.4, -0.2) is 21.3 Å². The van der Waals surface area contributed by atoms with Crippen molar-refractivity contribution in [3.63, 3.8) is 0 Å². The third-order valence-corrected chi connectivity index (χ3v) is 5.99. The predicted octanol–water partition coefficient (Wildman–Crippen LogP) is 4.19. The molecule has 8 heteroatoms. The van der Waals surface area contributed by atoms with Gasteiger partial charge in [-0.3, -0.25) is 0 Å². The summed E-state index contributed by atoms with van der Waals surface area (Å²) >= 11 is 3.91. The van der Waals surface area contributed by atoms with E-state index in [0.717, 1.165) is 20.7 Å². The molecule has 3 rings (SSSR count). The summed E-state index contributed by atoms with van der Waals surface area (Å²) in [7, 11) is 0. The molecule has 0 spiro atoms. The van der Waals surface area contributed by atoms with E-state index >= 15 is 0 Å². The van der Waals surface area contributed by atoms with Crippen LogP contribution in [0.2, 0.25) is 0 Å². The first-order valence-electron chi connectivity index (χ1n) is 5.92. The number of aromatic nitrogens is 2. The topological polar surface area (TPSA) is 63.1 Å². The van der Waals surface area contributed by atoms with Gasteiger partial charge >= 0.3 is 5.97 Å². The van der Waals surface area contributed by atoms with Crippen LogP contribution >= 0.6 is 34.4 Å². The van der Waals surface area contributed by atoms with Crippen LogP contribution in [0.3, 0.4) is 0 Å². The first-order chi connectivity index (χ1) is 10.1. The van der Waals surface area contributed by atoms with Gasteiger partial charge < -0.3 is 5.11 Å². The van der Waals surface area contributed by atoms with Gasteiger partial charge in [-0.2, -0.15) is 0 Å². The first kappa shape index (κ1) is 14.4. The van der Waals surface area contributed by atoms with E-state index < -0.39 is 5.97 Å². The standard InChI is InChI=1S/C13H9FN2O2S3/c1-6-15-16-13(20-6)19-5-7-10-8(14)3-2-4-9(10)21-11(7)12(17)18/h2-4H,5H2,1H3,(H,17,18). The quantitative estimate of drug-likeness (QED) is 0.722. The minimum Gasteiger partial charge on any atom is -0.477 e. The Bertz CT molecular complexity index is 828. The molecule has 0 unspecified atom stereocenters. The molecule has 21 heavy (non-hydrogen) atoms. The van der Waals surface area contributed by atoms with Crippen LogP contribution in [0, 0.1) is 12.7 Å². The zero-order chi connectivity index (χ0) is 15.0. The van der Waals surface area contributed by atoms with E-state index in [-0.39, 0.29) is 10.7 Å². The van der Waals surface area contributed by atoms with Crippen molar-refractivity contribution in [3.8, 4) is 0 Å². The Balaban J connectivity index is 2.02. The second-order valence-electron chi connectivity index (χ2n) is 4.20. The lowest BCUT2D eigenvalue weighted by Gasteiger charge is -2.00. The smallest absolute Gasteiger partial charge is 0.346 e. The molecule has 1 aromatic carbocycles. The SMILES string of the molecule is Cc1nnc(SCc2c(C(=O)O)sc3cccc(F)c23)s1. The summed E-state index contributed by atoms with van der Waals surface area (Å²) in [4.78, 5) is 11.6. The van der Waals surface area contributed by atoms with Gasteiger partial charge in [0, 0.05) is 15.8 Å². The summed E-state index contributed by atoms with van der Waals surface area (Å²) in [6, 6.07) is 4.67. The van der Waals surface area contributed by atoms with E-state index in [9.17, 15) is 14.3 Å². The van der Waals surface area contributed by atoms with Gasteiger partial charge in [-0.05, 0) is 24.6 Å². The highest BCUT2D eigenvalue weighted by atomic mass is 32.2. The zero-order valence-corrected chi connectivity index (χ0v) is 13.2. The number of benzene rings is 1. The van der Waals surface area contributed by atoms with Crippen LogP contribution < -0.4 is 0 Å². The van der Waals surface area contributed by atoms with Gasteiger partial charge in [-0.25, -0.2) is 9.18 Å². The van der Waals surface area contributed by atoms with Crippen molar-refractivity contribution >= 4 is 50.5 Å². The third kappa shape index (κ3) is 2.78. The van der Waals surface area contributed by atoms with E-state index in [1.165, 1.54) is 29.2 Å². The van der Waals surface area contributed by atoms with Gasteiger partial charge in [0.1, 0.15) is 15.7 Å². The summed E-state index contributed by atoms with van der Waals surface area (Å²) in [6.45, 7) is 1.85. The van der Waals surface area contributed by atoms with Gasteiger partial charge in [0.05, 0.1) is 0 Å². The molecule has 0 fully saturated rings. The molecular weight excluding hydrogens is 331 g/mol. The predicted molar refractivity (Wildman–Crippen MR) is 82.9 cm³/mol. The molecule has 0 aliphatic heterocycles. The maximum atomic E-state index is 14.0. The average Bonchev–Trinajstić information content (AvgIpc) is 3.01. The second-order valence-corrected chi connectivity index (χ2v) is 7.66. The Hall–Kier alpha value is -1.51. The fraction of sp³-hybridized carbons (Fsp3) is 0.154. The van der Waals surface area contributed by atoms with Crippen LogP contribution in [0.15, 0.2) is 22.5 Å². The monoisotopic (exact) mass is 340 g/mol. The molecule has 0 radical (unpaired) electrons. The molecule has 0 saturated heterocycles. The number of hydrogen-bond donors (Lipinski definition) is 1. The van der Waals surface area contributed by atoms with Crippen molar-refractivity contribution < 1.29 is 14.3 Å². The Morgan fingerprint density at radius 3 is 2.86 bits per heavy atom. The Labute approximate surface area is 131 Å². The molecule has 2 heterocycles. The number of thioether (sulfide) groups is 1. The van der Waals surface area contributed by atoms with Crippen molar-refractivity contribution in [3.05, 3.63) is 39.5 Å². The normalized spacial score (nSPS) is 11.1. The van der Waals surface area contributed by atoms with Crippen LogP contribution in [-0.2, 0) is 5.75 Å². The summed E-state index contributed by atoms with van der Waals surface area (Å²) in [5, 5.41) is 18.5. The molecule has 2 aromatic heterocycles. The minimum atomic E-state index is -1.03. The Morgan fingerprint density at radius 2 is 2.19 bits per heavy atom. The number of aryl methyl sites for hydroxylation is 1. The largest absolute Gasteiger partial charge is 0.477 e. The molecule has 4 nitrogen and oxygen atoms in total. The molecule has 0 saturated carbocycles. The van der Waals surface area contributed by atoms with Crippen molar-refractivity contribution in [2.24, 2.45) is 0 Å². The number of hydrogen-bond acceptors (Lipinski definition) is 6. The van der Waals surface area contributed by atoms with Crippen molar-refractivity contribution in [1.29, 1.82) is 0 Å². The summed E-state index contributed by atoms with van der Waals surface area (Å²) in [5.74, 6) is -1.06. The second kappa shape index (κ2) is 5.70. The molecule has 0 atom stereocenters. The lowest BCUT2D eigenvalue weighted by Crippen LogP contribution is -1.97. The van der Waals surface area contributed by atoms with Crippen LogP contribution in [0.4, 0.5) is 4.39 Å². The first-order valence-corrected chi connectivity index (χ1v) is 8.54. The maximum Gasteiger partial charge on any atom is 0.346 e. The van der Waals surface area contributed by atoms with Gasteiger partial charge in [0.25, 0.3) is 0 Å². The highest BCUT2D eigenvalue weighted by Gasteiger charge is 2.20. The molecule has 0 aliphatic rings. The number of carboxylic acids is 1. The molecule has 0 amide bonds. The van der Waals surface area contributed by atoms with Crippen LogP contribution in [0.25, 0.3) is 10.1 Å². The number of fused-ring (bicyclic) bond motifs is 1. The third-order valence-electron chi connectivity index (χ3n) is 2.80. The molecule has 0 aliphatic carbocycles. The van der Waals surface area contributed by atoms with Gasteiger partial charge in [0.2, 0.25) is 0 Å². The molecule has 3 aromatic rings. The van der Waals surface area contributed by atoms with Crippen molar-refractivity contribution in [1.82, 2.24) is 10.2 Å². The molecular formula is C13H9FN2O2S3. The fourth-order valence-electron chi connectivity index (χ4n) is 1.95. The maximum absolute atomic E-state index is 14.0.